The van der Waals surface area contributed by atoms with Gasteiger partial charge in [-0.3, -0.25) is 0 Å². The van der Waals surface area contributed by atoms with Gasteiger partial charge in [-0.1, -0.05) is 42.5 Å². The molecule has 2 aromatic carbocycles. The molecule has 1 aliphatic rings. The van der Waals surface area contributed by atoms with E-state index in [-0.39, 0.29) is 11.9 Å². The minimum Gasteiger partial charge on any atom is -0.370 e. The van der Waals surface area contributed by atoms with Gasteiger partial charge in [0.1, 0.15) is 24.9 Å². The van der Waals surface area contributed by atoms with Gasteiger partial charge in [0.25, 0.3) is 0 Å². The van der Waals surface area contributed by atoms with Gasteiger partial charge in [0.2, 0.25) is 0 Å². The quantitative estimate of drug-likeness (QED) is 0.660. The number of ether oxygens (including phenoxy) is 1. The zero-order valence-corrected chi connectivity index (χ0v) is 16.4. The maximum Gasteiger partial charge on any atom is 0.167 e. The third kappa shape index (κ3) is 5.73. The summed E-state index contributed by atoms with van der Waals surface area (Å²) in [6.45, 7) is 6.30. The van der Waals surface area contributed by atoms with E-state index >= 15 is 0 Å². The average Bonchev–Trinajstić information content (AvgIpc) is 2.69. The monoisotopic (exact) mass is 388 g/mol. The van der Waals surface area contributed by atoms with Gasteiger partial charge in [-0.2, -0.15) is 0 Å². The van der Waals surface area contributed by atoms with Crippen LogP contribution in [0.2, 0.25) is 0 Å². The van der Waals surface area contributed by atoms with Gasteiger partial charge in [-0.05, 0) is 36.8 Å². The molecule has 0 unspecified atom stereocenters. The predicted molar refractivity (Wildman–Crippen MR) is 109 cm³/mol. The van der Waals surface area contributed by atoms with Gasteiger partial charge in [0, 0.05) is 12.1 Å². The summed E-state index contributed by atoms with van der Waals surface area (Å²) in [4.78, 5) is 1.51. The maximum absolute atomic E-state index is 13.0. The second kappa shape index (κ2) is 9.78. The van der Waals surface area contributed by atoms with Crippen LogP contribution in [-0.4, -0.2) is 37.5 Å². The van der Waals surface area contributed by atoms with E-state index < -0.39 is 0 Å². The van der Waals surface area contributed by atoms with Crippen molar-refractivity contribution in [1.29, 1.82) is 0 Å². The molecule has 0 aromatic heterocycles. The minimum absolute atomic E-state index is 0.161. The fourth-order valence-electron chi connectivity index (χ4n) is 3.61. The molecule has 4 nitrogen and oxygen atoms in total. The highest BCUT2D eigenvalue weighted by Crippen LogP contribution is 2.14. The zero-order chi connectivity index (χ0) is 19.1. The van der Waals surface area contributed by atoms with Crippen molar-refractivity contribution in [3.8, 4) is 0 Å². The Hall–Kier alpha value is -2.02. The SMILES string of the molecule is C[C@@H](NC(=S)NCc1ccc(F)cc1)[C@@H](c1ccccc1)[NH+]1CCOCC1. The minimum atomic E-state index is -0.229. The highest BCUT2D eigenvalue weighted by Gasteiger charge is 2.31. The average molecular weight is 389 g/mol. The van der Waals surface area contributed by atoms with Gasteiger partial charge in [-0.15, -0.1) is 0 Å². The summed E-state index contributed by atoms with van der Waals surface area (Å²) < 4.78 is 18.6. The van der Waals surface area contributed by atoms with Crippen LogP contribution in [0.3, 0.4) is 0 Å². The number of hydrogen-bond acceptors (Lipinski definition) is 2. The van der Waals surface area contributed by atoms with Crippen LogP contribution < -0.4 is 15.5 Å². The smallest absolute Gasteiger partial charge is 0.167 e. The number of quaternary nitrogens is 1. The largest absolute Gasteiger partial charge is 0.370 e. The topological polar surface area (TPSA) is 37.7 Å². The van der Waals surface area contributed by atoms with E-state index in [0.29, 0.717) is 17.7 Å². The number of nitrogens with one attached hydrogen (secondary N) is 3. The number of benzene rings is 2. The molecule has 0 radical (unpaired) electrons. The van der Waals surface area contributed by atoms with Crippen molar-refractivity contribution in [1.82, 2.24) is 10.6 Å². The summed E-state index contributed by atoms with van der Waals surface area (Å²) in [5.41, 5.74) is 2.29. The molecule has 2 atom stereocenters. The van der Waals surface area contributed by atoms with Crippen molar-refractivity contribution in [3.63, 3.8) is 0 Å². The molecule has 0 amide bonds. The van der Waals surface area contributed by atoms with Crippen molar-refractivity contribution in [2.45, 2.75) is 25.6 Å². The van der Waals surface area contributed by atoms with E-state index in [0.717, 1.165) is 31.9 Å². The summed E-state index contributed by atoms with van der Waals surface area (Å²) in [5.74, 6) is -0.229. The van der Waals surface area contributed by atoms with Gasteiger partial charge >= 0.3 is 0 Å². The van der Waals surface area contributed by atoms with Crippen LogP contribution in [0, 0.1) is 5.82 Å². The highest BCUT2D eigenvalue weighted by molar-refractivity contribution is 7.80. The van der Waals surface area contributed by atoms with E-state index in [4.69, 9.17) is 17.0 Å². The molecule has 1 fully saturated rings. The lowest BCUT2D eigenvalue weighted by Crippen LogP contribution is -3.15. The summed E-state index contributed by atoms with van der Waals surface area (Å²) in [5, 5.41) is 7.28. The Bertz CT molecular complexity index is 720. The van der Waals surface area contributed by atoms with Gasteiger partial charge < -0.3 is 20.3 Å². The Labute approximate surface area is 165 Å². The predicted octanol–water partition coefficient (Wildman–Crippen LogP) is 1.83. The number of rotatable bonds is 6. The van der Waals surface area contributed by atoms with Crippen LogP contribution in [0.1, 0.15) is 24.1 Å². The first-order valence-electron chi connectivity index (χ1n) is 9.39. The van der Waals surface area contributed by atoms with Crippen LogP contribution in [0.5, 0.6) is 0 Å². The standard InChI is InChI=1S/C21H26FN3OS/c1-16(24-21(27)23-15-17-7-9-19(22)10-8-17)20(18-5-3-2-4-6-18)25-11-13-26-14-12-25/h2-10,16,20H,11-15H2,1H3,(H2,23,24,27)/p+1/t16-,20+/m1/s1. The maximum atomic E-state index is 13.0. The second-order valence-electron chi connectivity index (χ2n) is 6.90. The molecular formula is C21H27FN3OS+. The van der Waals surface area contributed by atoms with Crippen molar-refractivity contribution in [2.75, 3.05) is 26.3 Å². The normalized spacial score (nSPS) is 17.1. The molecule has 1 aliphatic heterocycles. The van der Waals surface area contributed by atoms with Gasteiger partial charge in [0.05, 0.1) is 19.3 Å². The Balaban J connectivity index is 1.61. The molecule has 0 spiro atoms. The fourth-order valence-corrected chi connectivity index (χ4v) is 3.87. The Kier molecular flexibility index (Phi) is 7.15. The van der Waals surface area contributed by atoms with Crippen molar-refractivity contribution >= 4 is 17.3 Å². The number of halogens is 1. The molecule has 144 valence electrons. The molecule has 0 bridgehead atoms. The summed E-state index contributed by atoms with van der Waals surface area (Å²) in [7, 11) is 0. The first-order valence-corrected chi connectivity index (χ1v) is 9.80. The lowest BCUT2D eigenvalue weighted by atomic mass is 9.98. The molecule has 27 heavy (non-hydrogen) atoms. The highest BCUT2D eigenvalue weighted by atomic mass is 32.1. The zero-order valence-electron chi connectivity index (χ0n) is 15.6. The van der Waals surface area contributed by atoms with E-state index in [9.17, 15) is 4.39 Å². The van der Waals surface area contributed by atoms with Crippen LogP contribution in [0.15, 0.2) is 54.6 Å². The van der Waals surface area contributed by atoms with Gasteiger partial charge in [0.15, 0.2) is 5.11 Å². The van der Waals surface area contributed by atoms with E-state index in [1.165, 1.54) is 22.6 Å². The number of morpholine rings is 1. The molecule has 0 aliphatic carbocycles. The Morgan fingerprint density at radius 2 is 1.78 bits per heavy atom. The third-order valence-corrected chi connectivity index (χ3v) is 5.22. The Morgan fingerprint density at radius 3 is 2.44 bits per heavy atom. The second-order valence-corrected chi connectivity index (χ2v) is 7.31. The molecule has 1 heterocycles. The lowest BCUT2D eigenvalue weighted by Gasteiger charge is -2.35. The van der Waals surface area contributed by atoms with Gasteiger partial charge in [-0.25, -0.2) is 4.39 Å². The summed E-state index contributed by atoms with van der Waals surface area (Å²) in [6, 6.07) is 17.5. The van der Waals surface area contributed by atoms with Crippen molar-refractivity contribution < 1.29 is 14.0 Å². The molecule has 2 aromatic rings. The number of thiocarbonyl (C=S) groups is 1. The van der Waals surface area contributed by atoms with Crippen LogP contribution in [0.4, 0.5) is 4.39 Å². The van der Waals surface area contributed by atoms with Crippen molar-refractivity contribution in [3.05, 3.63) is 71.5 Å². The Morgan fingerprint density at radius 1 is 1.11 bits per heavy atom. The summed E-state index contributed by atoms with van der Waals surface area (Å²) in [6.07, 6.45) is 0. The van der Waals surface area contributed by atoms with E-state index in [1.54, 1.807) is 12.1 Å². The molecule has 1 saturated heterocycles. The fraction of sp³-hybridized carbons (Fsp3) is 0.381. The molecule has 3 N–H and O–H groups in total. The van der Waals surface area contributed by atoms with Crippen LogP contribution in [-0.2, 0) is 11.3 Å². The van der Waals surface area contributed by atoms with Crippen LogP contribution >= 0.6 is 12.2 Å². The van der Waals surface area contributed by atoms with Crippen molar-refractivity contribution in [2.24, 2.45) is 0 Å². The number of hydrogen-bond donors (Lipinski definition) is 3. The molecule has 0 saturated carbocycles. The molecular weight excluding hydrogens is 361 g/mol. The van der Waals surface area contributed by atoms with E-state index in [1.807, 2.05) is 6.07 Å². The van der Waals surface area contributed by atoms with Crippen LogP contribution in [0.25, 0.3) is 0 Å². The first kappa shape index (κ1) is 19.7. The lowest BCUT2D eigenvalue weighted by molar-refractivity contribution is -0.940. The van der Waals surface area contributed by atoms with E-state index in [2.05, 4.69) is 41.8 Å². The molecule has 3 rings (SSSR count). The third-order valence-electron chi connectivity index (χ3n) is 4.96. The molecule has 6 heteroatoms. The first-order chi connectivity index (χ1) is 13.1. The summed E-state index contributed by atoms with van der Waals surface area (Å²) >= 11 is 5.50.